The molecule has 0 aliphatic carbocycles. The van der Waals surface area contributed by atoms with Gasteiger partial charge in [-0.15, -0.1) is 0 Å². The fraction of sp³-hybridized carbons (Fsp3) is 0.471. The highest BCUT2D eigenvalue weighted by molar-refractivity contribution is 5.89. The molecular formula is C17H23N3O2. The molecule has 0 aliphatic heterocycles. The maximum Gasteiger partial charge on any atom is 0.358 e. The highest BCUT2D eigenvalue weighted by Gasteiger charge is 2.12. The Morgan fingerprint density at radius 3 is 2.41 bits per heavy atom. The summed E-state index contributed by atoms with van der Waals surface area (Å²) >= 11 is 0. The van der Waals surface area contributed by atoms with Gasteiger partial charge in [0.2, 0.25) is 0 Å². The van der Waals surface area contributed by atoms with Crippen LogP contribution in [0.25, 0.3) is 11.0 Å². The van der Waals surface area contributed by atoms with E-state index in [4.69, 9.17) is 4.74 Å². The van der Waals surface area contributed by atoms with E-state index in [1.54, 1.807) is 0 Å². The minimum atomic E-state index is -0.417. The molecule has 0 amide bonds. The van der Waals surface area contributed by atoms with Crippen molar-refractivity contribution < 1.29 is 9.53 Å². The maximum atomic E-state index is 12.1. The zero-order chi connectivity index (χ0) is 16.1. The summed E-state index contributed by atoms with van der Waals surface area (Å²) in [7, 11) is 0. The first-order valence-electron chi connectivity index (χ1n) is 7.68. The van der Waals surface area contributed by atoms with Crippen LogP contribution in [0.15, 0.2) is 18.3 Å². The number of aromatic nitrogens is 2. The van der Waals surface area contributed by atoms with Crippen molar-refractivity contribution in [3.05, 3.63) is 35.2 Å². The summed E-state index contributed by atoms with van der Waals surface area (Å²) < 4.78 is 5.28. The van der Waals surface area contributed by atoms with Crippen molar-refractivity contribution >= 4 is 17.0 Å². The summed E-state index contributed by atoms with van der Waals surface area (Å²) in [5.41, 5.74) is 4.07. The lowest BCUT2D eigenvalue weighted by Gasteiger charge is -2.17. The van der Waals surface area contributed by atoms with E-state index in [0.717, 1.165) is 41.8 Å². The molecule has 0 aliphatic rings. The third-order valence-electron chi connectivity index (χ3n) is 3.90. The summed E-state index contributed by atoms with van der Waals surface area (Å²) in [6.07, 6.45) is 1.48. The van der Waals surface area contributed by atoms with Crippen molar-refractivity contribution in [3.8, 4) is 0 Å². The number of carbonyl (C=O) groups is 1. The van der Waals surface area contributed by atoms with Crippen LogP contribution in [-0.2, 0) is 4.74 Å². The SMILES string of the molecule is CCN(CC)CCOC(=O)c1cnc2cc(C)c(C)cc2n1. The van der Waals surface area contributed by atoms with Gasteiger partial charge in [0.25, 0.3) is 0 Å². The highest BCUT2D eigenvalue weighted by Crippen LogP contribution is 2.16. The molecule has 0 saturated carbocycles. The van der Waals surface area contributed by atoms with Crippen molar-refractivity contribution in [3.63, 3.8) is 0 Å². The quantitative estimate of drug-likeness (QED) is 0.768. The Kier molecular flexibility index (Phi) is 5.44. The molecule has 0 fully saturated rings. The van der Waals surface area contributed by atoms with Gasteiger partial charge in [-0.2, -0.15) is 0 Å². The lowest BCUT2D eigenvalue weighted by atomic mass is 10.1. The highest BCUT2D eigenvalue weighted by atomic mass is 16.5. The first-order chi connectivity index (χ1) is 10.5. The molecule has 0 N–H and O–H groups in total. The van der Waals surface area contributed by atoms with Crippen LogP contribution in [0.3, 0.4) is 0 Å². The van der Waals surface area contributed by atoms with E-state index in [1.165, 1.54) is 6.20 Å². The minimum Gasteiger partial charge on any atom is -0.460 e. The van der Waals surface area contributed by atoms with Gasteiger partial charge in [-0.25, -0.2) is 9.78 Å². The van der Waals surface area contributed by atoms with Crippen LogP contribution in [0.4, 0.5) is 0 Å². The minimum absolute atomic E-state index is 0.260. The van der Waals surface area contributed by atoms with Gasteiger partial charge in [-0.1, -0.05) is 13.8 Å². The molecule has 1 heterocycles. The summed E-state index contributed by atoms with van der Waals surface area (Å²) in [4.78, 5) is 22.9. The first-order valence-corrected chi connectivity index (χ1v) is 7.68. The Morgan fingerprint density at radius 1 is 1.14 bits per heavy atom. The number of aryl methyl sites for hydroxylation is 2. The first kappa shape index (κ1) is 16.4. The normalized spacial score (nSPS) is 11.1. The van der Waals surface area contributed by atoms with Crippen molar-refractivity contribution in [2.75, 3.05) is 26.2 Å². The van der Waals surface area contributed by atoms with Crippen molar-refractivity contribution in [2.24, 2.45) is 0 Å². The van der Waals surface area contributed by atoms with E-state index in [2.05, 4.69) is 28.7 Å². The standard InChI is InChI=1S/C17H23N3O2/c1-5-20(6-2)7-8-22-17(21)16-11-18-14-9-12(3)13(4)10-15(14)19-16/h9-11H,5-8H2,1-4H3. The fourth-order valence-corrected chi connectivity index (χ4v) is 2.25. The van der Waals surface area contributed by atoms with E-state index in [0.29, 0.717) is 6.61 Å². The van der Waals surface area contributed by atoms with Crippen LogP contribution in [0.2, 0.25) is 0 Å². The zero-order valence-corrected chi connectivity index (χ0v) is 13.7. The molecule has 0 atom stereocenters. The molecule has 1 aromatic heterocycles. The van der Waals surface area contributed by atoms with Gasteiger partial charge < -0.3 is 9.64 Å². The molecule has 2 rings (SSSR count). The van der Waals surface area contributed by atoms with Gasteiger partial charge in [0.15, 0.2) is 5.69 Å². The molecule has 0 bridgehead atoms. The number of carbonyl (C=O) groups excluding carboxylic acids is 1. The van der Waals surface area contributed by atoms with E-state index in [9.17, 15) is 4.79 Å². The second kappa shape index (κ2) is 7.31. The molecule has 0 spiro atoms. The zero-order valence-electron chi connectivity index (χ0n) is 13.7. The Hall–Kier alpha value is -2.01. The van der Waals surface area contributed by atoms with E-state index < -0.39 is 5.97 Å². The van der Waals surface area contributed by atoms with Gasteiger partial charge >= 0.3 is 5.97 Å². The third kappa shape index (κ3) is 3.80. The van der Waals surface area contributed by atoms with Crippen LogP contribution in [0, 0.1) is 13.8 Å². The predicted octanol–water partition coefficient (Wildman–Crippen LogP) is 2.75. The lowest BCUT2D eigenvalue weighted by Crippen LogP contribution is -2.28. The molecule has 118 valence electrons. The van der Waals surface area contributed by atoms with Crippen molar-refractivity contribution in [1.82, 2.24) is 14.9 Å². The lowest BCUT2D eigenvalue weighted by molar-refractivity contribution is 0.0459. The Balaban J connectivity index is 2.07. The van der Waals surface area contributed by atoms with Crippen LogP contribution in [0.1, 0.15) is 35.5 Å². The third-order valence-corrected chi connectivity index (χ3v) is 3.90. The molecular weight excluding hydrogens is 278 g/mol. The summed E-state index contributed by atoms with van der Waals surface area (Å²) in [6.45, 7) is 11.2. The summed E-state index contributed by atoms with van der Waals surface area (Å²) in [5.74, 6) is -0.417. The van der Waals surface area contributed by atoms with Crippen molar-refractivity contribution in [1.29, 1.82) is 0 Å². The van der Waals surface area contributed by atoms with Gasteiger partial charge in [0, 0.05) is 6.54 Å². The molecule has 1 aromatic carbocycles. The molecule has 2 aromatic rings. The predicted molar refractivity (Wildman–Crippen MR) is 87.1 cm³/mol. The molecule has 5 heteroatoms. The average molecular weight is 301 g/mol. The number of rotatable bonds is 6. The van der Waals surface area contributed by atoms with Gasteiger partial charge in [-0.05, 0) is 50.2 Å². The number of hydrogen-bond donors (Lipinski definition) is 0. The summed E-state index contributed by atoms with van der Waals surface area (Å²) in [6, 6.07) is 3.93. The monoisotopic (exact) mass is 301 g/mol. The second-order valence-electron chi connectivity index (χ2n) is 5.34. The van der Waals surface area contributed by atoms with Crippen molar-refractivity contribution in [2.45, 2.75) is 27.7 Å². The van der Waals surface area contributed by atoms with Crippen LogP contribution in [-0.4, -0.2) is 47.1 Å². The fourth-order valence-electron chi connectivity index (χ4n) is 2.25. The Bertz CT molecular complexity index is 666. The molecule has 5 nitrogen and oxygen atoms in total. The number of hydrogen-bond acceptors (Lipinski definition) is 5. The molecule has 22 heavy (non-hydrogen) atoms. The van der Waals surface area contributed by atoms with Gasteiger partial charge in [0.1, 0.15) is 6.61 Å². The number of likely N-dealkylation sites (N-methyl/N-ethyl adjacent to an activating group) is 1. The number of esters is 1. The molecule has 0 unspecified atom stereocenters. The number of ether oxygens (including phenoxy) is 1. The average Bonchev–Trinajstić information content (AvgIpc) is 2.52. The Labute approximate surface area is 131 Å². The van der Waals surface area contributed by atoms with E-state index in [-0.39, 0.29) is 5.69 Å². The smallest absolute Gasteiger partial charge is 0.358 e. The second-order valence-corrected chi connectivity index (χ2v) is 5.34. The van der Waals surface area contributed by atoms with E-state index >= 15 is 0 Å². The van der Waals surface area contributed by atoms with Crippen LogP contribution in [0.5, 0.6) is 0 Å². The number of nitrogens with zero attached hydrogens (tertiary/aromatic N) is 3. The van der Waals surface area contributed by atoms with Gasteiger partial charge in [-0.3, -0.25) is 4.98 Å². The van der Waals surface area contributed by atoms with E-state index in [1.807, 2.05) is 26.0 Å². The molecule has 0 saturated heterocycles. The topological polar surface area (TPSA) is 55.3 Å². The van der Waals surface area contributed by atoms with Crippen LogP contribution >= 0.6 is 0 Å². The van der Waals surface area contributed by atoms with Gasteiger partial charge in [0.05, 0.1) is 17.2 Å². The molecule has 0 radical (unpaired) electrons. The Morgan fingerprint density at radius 2 is 1.77 bits per heavy atom. The number of fused-ring (bicyclic) bond motifs is 1. The maximum absolute atomic E-state index is 12.1. The largest absolute Gasteiger partial charge is 0.460 e. The van der Waals surface area contributed by atoms with Crippen LogP contribution < -0.4 is 0 Å². The number of benzene rings is 1. The summed E-state index contributed by atoms with van der Waals surface area (Å²) in [5, 5.41) is 0.